The second-order valence-electron chi connectivity index (χ2n) is 8.08. The third-order valence-electron chi connectivity index (χ3n) is 5.70. The number of pyridine rings is 3. The normalized spacial score (nSPS) is 15.8. The zero-order valence-corrected chi connectivity index (χ0v) is 17.0. The van der Waals surface area contributed by atoms with Crippen LogP contribution in [0.1, 0.15) is 40.0 Å². The van der Waals surface area contributed by atoms with Crippen LogP contribution in [0.25, 0.3) is 22.0 Å². The van der Waals surface area contributed by atoms with Gasteiger partial charge in [0.05, 0.1) is 5.69 Å². The minimum absolute atomic E-state index is 0.362. The third kappa shape index (κ3) is 3.93. The molecule has 3 aromatic heterocycles. The van der Waals surface area contributed by atoms with Crippen molar-refractivity contribution in [2.45, 2.75) is 46.1 Å². The molecule has 1 aliphatic heterocycles. The fourth-order valence-corrected chi connectivity index (χ4v) is 3.64. The van der Waals surface area contributed by atoms with Crippen molar-refractivity contribution in [2.24, 2.45) is 5.92 Å². The molecule has 1 saturated heterocycles. The van der Waals surface area contributed by atoms with Gasteiger partial charge < -0.3 is 10.2 Å². The van der Waals surface area contributed by atoms with Crippen molar-refractivity contribution in [3.63, 3.8) is 0 Å². The van der Waals surface area contributed by atoms with Gasteiger partial charge in [-0.25, -0.2) is 9.97 Å². The van der Waals surface area contributed by atoms with E-state index in [-0.39, 0.29) is 0 Å². The molecule has 28 heavy (non-hydrogen) atoms. The summed E-state index contributed by atoms with van der Waals surface area (Å²) in [5, 5.41) is 5.82. The summed E-state index contributed by atoms with van der Waals surface area (Å²) in [5.41, 5.74) is 2.06. The molecule has 1 fully saturated rings. The molecule has 3 aromatic rings. The van der Waals surface area contributed by atoms with Gasteiger partial charge in [-0.3, -0.25) is 4.98 Å². The average molecular weight is 376 g/mol. The number of hydrogen-bond donors (Lipinski definition) is 1. The minimum atomic E-state index is 0.362. The second-order valence-corrected chi connectivity index (χ2v) is 8.08. The van der Waals surface area contributed by atoms with E-state index in [2.05, 4.69) is 59.2 Å². The smallest absolute Gasteiger partial charge is 0.137 e. The standard InChI is InChI=1S/C23H29N5/c1-16(2)17(3)26-22-14-18(7-10-25-22)21-13-19-15-24-9-8-20(19)23(27-21)28-11-5-4-6-12-28/h7-10,13-17H,4-6,11-12H2,1-3H3,(H,25,26)/t17-/m1/s1. The van der Waals surface area contributed by atoms with Crippen molar-refractivity contribution in [3.05, 3.63) is 42.9 Å². The van der Waals surface area contributed by atoms with Crippen LogP contribution in [0.15, 0.2) is 42.9 Å². The second kappa shape index (κ2) is 8.13. The predicted molar refractivity (Wildman–Crippen MR) is 117 cm³/mol. The summed E-state index contributed by atoms with van der Waals surface area (Å²) >= 11 is 0. The van der Waals surface area contributed by atoms with E-state index in [4.69, 9.17) is 4.98 Å². The van der Waals surface area contributed by atoms with E-state index in [1.165, 1.54) is 24.6 Å². The van der Waals surface area contributed by atoms with Crippen molar-refractivity contribution in [3.8, 4) is 11.3 Å². The summed E-state index contributed by atoms with van der Waals surface area (Å²) in [7, 11) is 0. The van der Waals surface area contributed by atoms with Gasteiger partial charge in [0.25, 0.3) is 0 Å². The Bertz CT molecular complexity index is 947. The lowest BCUT2D eigenvalue weighted by molar-refractivity contribution is 0.558. The van der Waals surface area contributed by atoms with Crippen LogP contribution in [0.5, 0.6) is 0 Å². The fraction of sp³-hybridized carbons (Fsp3) is 0.435. The Labute approximate surface area is 167 Å². The average Bonchev–Trinajstić information content (AvgIpc) is 2.73. The molecule has 1 aliphatic rings. The highest BCUT2D eigenvalue weighted by molar-refractivity contribution is 5.94. The highest BCUT2D eigenvalue weighted by atomic mass is 15.2. The van der Waals surface area contributed by atoms with Gasteiger partial charge in [-0.05, 0) is 56.4 Å². The monoisotopic (exact) mass is 375 g/mol. The Balaban J connectivity index is 1.74. The van der Waals surface area contributed by atoms with Crippen molar-refractivity contribution in [1.82, 2.24) is 15.0 Å². The van der Waals surface area contributed by atoms with Gasteiger partial charge in [-0.15, -0.1) is 0 Å². The summed E-state index contributed by atoms with van der Waals surface area (Å²) in [6.45, 7) is 8.76. The van der Waals surface area contributed by atoms with Gasteiger partial charge in [0, 0.05) is 54.1 Å². The Kier molecular flexibility index (Phi) is 5.42. The number of fused-ring (bicyclic) bond motifs is 1. The molecular formula is C23H29N5. The molecule has 0 bridgehead atoms. The van der Waals surface area contributed by atoms with E-state index >= 15 is 0 Å². The van der Waals surface area contributed by atoms with Crippen LogP contribution >= 0.6 is 0 Å². The SMILES string of the molecule is CC(C)[C@@H](C)Nc1cc(-c2cc3cnccc3c(N3CCCCC3)n2)ccn1. The first-order valence-electron chi connectivity index (χ1n) is 10.3. The lowest BCUT2D eigenvalue weighted by Gasteiger charge is -2.29. The minimum Gasteiger partial charge on any atom is -0.367 e. The zero-order chi connectivity index (χ0) is 19.5. The highest BCUT2D eigenvalue weighted by Crippen LogP contribution is 2.31. The van der Waals surface area contributed by atoms with E-state index in [9.17, 15) is 0 Å². The van der Waals surface area contributed by atoms with E-state index in [1.54, 1.807) is 0 Å². The number of nitrogens with one attached hydrogen (secondary N) is 1. The maximum Gasteiger partial charge on any atom is 0.137 e. The van der Waals surface area contributed by atoms with E-state index in [1.807, 2.05) is 24.7 Å². The van der Waals surface area contributed by atoms with E-state index < -0.39 is 0 Å². The molecule has 0 unspecified atom stereocenters. The molecule has 5 nitrogen and oxygen atoms in total. The Hall–Kier alpha value is -2.69. The molecule has 4 heterocycles. The van der Waals surface area contributed by atoms with Gasteiger partial charge in [-0.2, -0.15) is 0 Å². The molecule has 0 aromatic carbocycles. The van der Waals surface area contributed by atoms with Crippen molar-refractivity contribution in [2.75, 3.05) is 23.3 Å². The van der Waals surface area contributed by atoms with E-state index in [0.717, 1.165) is 41.4 Å². The molecule has 0 radical (unpaired) electrons. The Morgan fingerprint density at radius 1 is 1.00 bits per heavy atom. The first-order chi connectivity index (χ1) is 13.6. The van der Waals surface area contributed by atoms with E-state index in [0.29, 0.717) is 12.0 Å². The molecule has 1 atom stereocenters. The van der Waals surface area contributed by atoms with Crippen LogP contribution in [0.4, 0.5) is 11.6 Å². The van der Waals surface area contributed by atoms with Gasteiger partial charge in [-0.1, -0.05) is 13.8 Å². The molecular weight excluding hydrogens is 346 g/mol. The number of nitrogens with zero attached hydrogens (tertiary/aromatic N) is 4. The van der Waals surface area contributed by atoms with Crippen molar-refractivity contribution < 1.29 is 0 Å². The third-order valence-corrected chi connectivity index (χ3v) is 5.70. The topological polar surface area (TPSA) is 53.9 Å². The maximum atomic E-state index is 5.09. The number of hydrogen-bond acceptors (Lipinski definition) is 5. The van der Waals surface area contributed by atoms with Crippen LogP contribution < -0.4 is 10.2 Å². The summed E-state index contributed by atoms with van der Waals surface area (Å²) in [6.07, 6.45) is 9.43. The van der Waals surface area contributed by atoms with Gasteiger partial charge >= 0.3 is 0 Å². The molecule has 5 heteroatoms. The predicted octanol–water partition coefficient (Wildman–Crippen LogP) is 5.14. The van der Waals surface area contributed by atoms with Crippen LogP contribution in [-0.4, -0.2) is 34.1 Å². The number of rotatable bonds is 5. The summed E-state index contributed by atoms with van der Waals surface area (Å²) < 4.78 is 0. The lowest BCUT2D eigenvalue weighted by atomic mass is 10.1. The largest absolute Gasteiger partial charge is 0.367 e. The van der Waals surface area contributed by atoms with Crippen LogP contribution in [-0.2, 0) is 0 Å². The maximum absolute atomic E-state index is 5.09. The first kappa shape index (κ1) is 18.7. The molecule has 0 saturated carbocycles. The Morgan fingerprint density at radius 2 is 1.82 bits per heavy atom. The number of aromatic nitrogens is 3. The molecule has 0 spiro atoms. The van der Waals surface area contributed by atoms with Crippen molar-refractivity contribution >= 4 is 22.4 Å². The molecule has 0 amide bonds. The molecule has 146 valence electrons. The quantitative estimate of drug-likeness (QED) is 0.669. The lowest BCUT2D eigenvalue weighted by Crippen LogP contribution is -2.30. The van der Waals surface area contributed by atoms with Gasteiger partial charge in [0.15, 0.2) is 0 Å². The highest BCUT2D eigenvalue weighted by Gasteiger charge is 2.17. The zero-order valence-electron chi connectivity index (χ0n) is 17.0. The number of piperidine rings is 1. The summed E-state index contributed by atoms with van der Waals surface area (Å²) in [6, 6.07) is 8.72. The van der Waals surface area contributed by atoms with Crippen molar-refractivity contribution in [1.29, 1.82) is 0 Å². The first-order valence-corrected chi connectivity index (χ1v) is 10.3. The summed E-state index contributed by atoms with van der Waals surface area (Å²) in [5.74, 6) is 2.52. The molecule has 1 N–H and O–H groups in total. The molecule has 0 aliphatic carbocycles. The van der Waals surface area contributed by atoms with Gasteiger partial charge in [0.2, 0.25) is 0 Å². The fourth-order valence-electron chi connectivity index (χ4n) is 3.64. The summed E-state index contributed by atoms with van der Waals surface area (Å²) in [4.78, 5) is 16.4. The van der Waals surface area contributed by atoms with Gasteiger partial charge in [0.1, 0.15) is 11.6 Å². The Morgan fingerprint density at radius 3 is 2.61 bits per heavy atom. The molecule has 4 rings (SSSR count). The van der Waals surface area contributed by atoms with Crippen LogP contribution in [0.2, 0.25) is 0 Å². The van der Waals surface area contributed by atoms with Crippen LogP contribution in [0.3, 0.4) is 0 Å². The van der Waals surface area contributed by atoms with Crippen LogP contribution in [0, 0.1) is 5.92 Å². The number of anilines is 2.